The fourth-order valence-electron chi connectivity index (χ4n) is 6.24. The number of H-pyrrole nitrogens is 1. The lowest BCUT2D eigenvalue weighted by Crippen LogP contribution is -2.50. The summed E-state index contributed by atoms with van der Waals surface area (Å²) in [7, 11) is 0. The zero-order valence-corrected chi connectivity index (χ0v) is 11.6. The average molecular weight is 256 g/mol. The topological polar surface area (TPSA) is 27.8 Å². The minimum absolute atomic E-state index is 0.657. The Morgan fingerprint density at radius 1 is 0.947 bits per heavy atom. The first-order chi connectivity index (χ1) is 9.38. The fraction of sp³-hybridized carbons (Fsp3) is 0.765. The first kappa shape index (κ1) is 11.0. The van der Waals surface area contributed by atoms with Crippen LogP contribution in [0.2, 0.25) is 0 Å². The Morgan fingerprint density at radius 2 is 1.68 bits per heavy atom. The molecule has 5 aliphatic rings. The molecular weight excluding hydrogens is 232 g/mol. The Balaban J connectivity index is 1.51. The number of hydrogen-bond acceptors (Lipinski definition) is 1. The molecule has 1 aliphatic heterocycles. The smallest absolute Gasteiger partial charge is 0.0371 e. The van der Waals surface area contributed by atoms with E-state index >= 15 is 0 Å². The van der Waals surface area contributed by atoms with Crippen LogP contribution in [0.3, 0.4) is 0 Å². The van der Waals surface area contributed by atoms with Crippen molar-refractivity contribution in [1.82, 2.24) is 10.3 Å². The molecule has 6 rings (SSSR count). The van der Waals surface area contributed by atoms with Crippen LogP contribution < -0.4 is 5.32 Å². The second kappa shape index (κ2) is 3.88. The molecule has 1 aromatic heterocycles. The van der Waals surface area contributed by atoms with E-state index in [1.54, 1.807) is 12.0 Å². The minimum Gasteiger partial charge on any atom is -0.365 e. The van der Waals surface area contributed by atoms with Crippen LogP contribution in [0, 0.1) is 29.6 Å². The number of rotatable bonds is 1. The molecule has 0 spiro atoms. The van der Waals surface area contributed by atoms with Crippen LogP contribution in [0.25, 0.3) is 0 Å². The van der Waals surface area contributed by atoms with Crippen molar-refractivity contribution in [1.29, 1.82) is 0 Å². The highest BCUT2D eigenvalue weighted by Gasteiger charge is 2.51. The Hall–Kier alpha value is -0.760. The van der Waals surface area contributed by atoms with E-state index in [1.165, 1.54) is 44.3 Å². The highest BCUT2D eigenvalue weighted by molar-refractivity contribution is 5.29. The van der Waals surface area contributed by atoms with Crippen molar-refractivity contribution in [2.75, 3.05) is 6.54 Å². The zero-order valence-electron chi connectivity index (χ0n) is 11.6. The summed E-state index contributed by atoms with van der Waals surface area (Å²) < 4.78 is 0. The van der Waals surface area contributed by atoms with E-state index in [2.05, 4.69) is 22.6 Å². The summed E-state index contributed by atoms with van der Waals surface area (Å²) in [6, 6.07) is 3.00. The number of aromatic nitrogens is 1. The van der Waals surface area contributed by atoms with Gasteiger partial charge in [0.1, 0.15) is 0 Å². The van der Waals surface area contributed by atoms with Gasteiger partial charge in [0.15, 0.2) is 0 Å². The van der Waals surface area contributed by atoms with E-state index in [1.807, 2.05) is 0 Å². The molecule has 2 heterocycles. The lowest BCUT2D eigenvalue weighted by Gasteiger charge is -2.57. The van der Waals surface area contributed by atoms with Gasteiger partial charge in [-0.2, -0.15) is 0 Å². The maximum atomic E-state index is 3.87. The number of fused-ring (bicyclic) bond motifs is 1. The van der Waals surface area contributed by atoms with Crippen molar-refractivity contribution in [3.8, 4) is 0 Å². The SMILES string of the molecule is c1cc2c([nH]1)CCNC2C1C2CC3CC(C2)CC1C3. The summed E-state index contributed by atoms with van der Waals surface area (Å²) in [5.74, 6) is 5.16. The van der Waals surface area contributed by atoms with Gasteiger partial charge in [-0.25, -0.2) is 0 Å². The summed E-state index contributed by atoms with van der Waals surface area (Å²) in [5, 5.41) is 3.87. The fourth-order valence-corrected chi connectivity index (χ4v) is 6.24. The lowest BCUT2D eigenvalue weighted by molar-refractivity contribution is -0.0533. The number of hydrogen-bond donors (Lipinski definition) is 2. The molecule has 1 aromatic rings. The predicted octanol–water partition coefficient (Wildman–Crippen LogP) is 3.27. The zero-order chi connectivity index (χ0) is 12.4. The van der Waals surface area contributed by atoms with E-state index in [-0.39, 0.29) is 0 Å². The maximum absolute atomic E-state index is 3.87. The maximum Gasteiger partial charge on any atom is 0.0371 e. The normalized spacial score (nSPS) is 47.4. The lowest BCUT2D eigenvalue weighted by atomic mass is 9.50. The Bertz CT molecular complexity index is 461. The van der Waals surface area contributed by atoms with Gasteiger partial charge < -0.3 is 10.3 Å². The molecule has 4 saturated carbocycles. The number of nitrogens with one attached hydrogen (secondary N) is 2. The quantitative estimate of drug-likeness (QED) is 0.793. The van der Waals surface area contributed by atoms with Gasteiger partial charge in [-0.15, -0.1) is 0 Å². The molecule has 2 N–H and O–H groups in total. The van der Waals surface area contributed by atoms with Gasteiger partial charge in [0, 0.05) is 30.9 Å². The second-order valence-corrected chi connectivity index (χ2v) is 7.60. The van der Waals surface area contributed by atoms with Gasteiger partial charge in [-0.3, -0.25) is 0 Å². The van der Waals surface area contributed by atoms with Crippen LogP contribution in [0.5, 0.6) is 0 Å². The molecule has 4 aliphatic carbocycles. The van der Waals surface area contributed by atoms with Crippen molar-refractivity contribution in [3.05, 3.63) is 23.5 Å². The van der Waals surface area contributed by atoms with Crippen LogP contribution in [-0.2, 0) is 6.42 Å². The second-order valence-electron chi connectivity index (χ2n) is 7.60. The Kier molecular flexibility index (Phi) is 2.24. The summed E-state index contributed by atoms with van der Waals surface area (Å²) in [6.45, 7) is 1.17. The number of aromatic amines is 1. The molecule has 2 heteroatoms. The largest absolute Gasteiger partial charge is 0.365 e. The Morgan fingerprint density at radius 3 is 2.42 bits per heavy atom. The summed E-state index contributed by atoms with van der Waals surface area (Å²) >= 11 is 0. The minimum atomic E-state index is 0.657. The van der Waals surface area contributed by atoms with E-state index in [0.717, 1.165) is 29.6 Å². The van der Waals surface area contributed by atoms with Crippen LogP contribution in [0.1, 0.15) is 49.4 Å². The van der Waals surface area contributed by atoms with Crippen molar-refractivity contribution < 1.29 is 0 Å². The first-order valence-electron chi connectivity index (χ1n) is 8.28. The molecule has 1 atom stereocenters. The first-order valence-corrected chi connectivity index (χ1v) is 8.28. The van der Waals surface area contributed by atoms with E-state index in [9.17, 15) is 0 Å². The highest BCUT2D eigenvalue weighted by Crippen LogP contribution is 2.59. The third-order valence-electron chi connectivity index (χ3n) is 6.63. The average Bonchev–Trinajstić information content (AvgIpc) is 2.86. The standard InChI is InChI=1S/C17H24N2/c1-3-18-15-2-4-19-17(14(1)15)16-12-6-10-5-11(8-12)9-13(16)7-10/h1,3,10-13,16-19H,2,4-9H2. The van der Waals surface area contributed by atoms with Gasteiger partial charge in [0.05, 0.1) is 0 Å². The van der Waals surface area contributed by atoms with E-state index in [4.69, 9.17) is 0 Å². The van der Waals surface area contributed by atoms with Gasteiger partial charge in [0.2, 0.25) is 0 Å². The molecule has 2 nitrogen and oxygen atoms in total. The van der Waals surface area contributed by atoms with E-state index in [0.29, 0.717) is 6.04 Å². The van der Waals surface area contributed by atoms with Gasteiger partial charge in [-0.1, -0.05) is 0 Å². The third kappa shape index (κ3) is 1.53. The molecular formula is C17H24N2. The van der Waals surface area contributed by atoms with Crippen molar-refractivity contribution in [3.63, 3.8) is 0 Å². The summed E-state index contributed by atoms with van der Waals surface area (Å²) in [6.07, 6.45) is 11.1. The summed E-state index contributed by atoms with van der Waals surface area (Å²) in [4.78, 5) is 3.47. The van der Waals surface area contributed by atoms with Crippen molar-refractivity contribution in [2.24, 2.45) is 29.6 Å². The highest BCUT2D eigenvalue weighted by atomic mass is 15.0. The molecule has 1 unspecified atom stereocenters. The van der Waals surface area contributed by atoms with Crippen LogP contribution in [0.4, 0.5) is 0 Å². The van der Waals surface area contributed by atoms with Crippen LogP contribution in [0.15, 0.2) is 12.3 Å². The van der Waals surface area contributed by atoms with Gasteiger partial charge >= 0.3 is 0 Å². The molecule has 19 heavy (non-hydrogen) atoms. The molecule has 0 amide bonds. The molecule has 0 aromatic carbocycles. The molecule has 4 fully saturated rings. The molecule has 102 valence electrons. The molecule has 4 bridgehead atoms. The van der Waals surface area contributed by atoms with Gasteiger partial charge in [-0.05, 0) is 73.3 Å². The van der Waals surface area contributed by atoms with E-state index < -0.39 is 0 Å². The third-order valence-corrected chi connectivity index (χ3v) is 6.63. The molecule has 0 radical (unpaired) electrons. The predicted molar refractivity (Wildman–Crippen MR) is 75.8 cm³/mol. The Labute approximate surface area is 115 Å². The monoisotopic (exact) mass is 256 g/mol. The van der Waals surface area contributed by atoms with Crippen molar-refractivity contribution in [2.45, 2.75) is 44.6 Å². The van der Waals surface area contributed by atoms with Crippen LogP contribution >= 0.6 is 0 Å². The van der Waals surface area contributed by atoms with Gasteiger partial charge in [0.25, 0.3) is 0 Å². The molecule has 0 saturated heterocycles. The van der Waals surface area contributed by atoms with Crippen molar-refractivity contribution >= 4 is 0 Å². The van der Waals surface area contributed by atoms with Crippen LogP contribution in [-0.4, -0.2) is 11.5 Å². The summed E-state index contributed by atoms with van der Waals surface area (Å²) in [5.41, 5.74) is 3.11.